The van der Waals surface area contributed by atoms with Crippen LogP contribution in [0.5, 0.6) is 0 Å². The van der Waals surface area contributed by atoms with Gasteiger partial charge in [0.15, 0.2) is 8.32 Å². The molecule has 0 aliphatic rings. The predicted molar refractivity (Wildman–Crippen MR) is 109 cm³/mol. The molecule has 1 aromatic rings. The molecule has 1 unspecified atom stereocenters. The summed E-state index contributed by atoms with van der Waals surface area (Å²) in [6, 6.07) is 9.06. The van der Waals surface area contributed by atoms with Crippen molar-refractivity contribution in [1.29, 1.82) is 0 Å². The molecule has 0 bridgehead atoms. The van der Waals surface area contributed by atoms with Crippen molar-refractivity contribution in [2.45, 2.75) is 82.0 Å². The van der Waals surface area contributed by atoms with E-state index in [0.717, 1.165) is 10.8 Å². The molecule has 0 saturated carbocycles. The highest BCUT2D eigenvalue weighted by molar-refractivity contribution is 14.1. The summed E-state index contributed by atoms with van der Waals surface area (Å²) in [5.41, 5.74) is 2.75. The van der Waals surface area contributed by atoms with E-state index >= 15 is 0 Å². The second kappa shape index (κ2) is 8.83. The van der Waals surface area contributed by atoms with Crippen LogP contribution >= 0.6 is 22.6 Å². The lowest BCUT2D eigenvalue weighted by Gasteiger charge is -2.39. The van der Waals surface area contributed by atoms with Gasteiger partial charge in [-0.1, -0.05) is 93.8 Å². The maximum atomic E-state index is 6.75. The molecule has 3 heteroatoms. The Bertz CT molecular complexity index is 434. The Hall–Kier alpha value is 0.127. The van der Waals surface area contributed by atoms with E-state index in [1.807, 2.05) is 0 Å². The second-order valence-electron chi connectivity index (χ2n) is 7.74. The van der Waals surface area contributed by atoms with Crippen molar-refractivity contribution in [3.05, 3.63) is 35.4 Å². The Morgan fingerprint density at radius 3 is 2.14 bits per heavy atom. The van der Waals surface area contributed by atoms with E-state index in [4.69, 9.17) is 4.43 Å². The van der Waals surface area contributed by atoms with Gasteiger partial charge in [0.1, 0.15) is 0 Å². The zero-order valence-corrected chi connectivity index (χ0v) is 18.4. The number of hydrogen-bond donors (Lipinski definition) is 0. The van der Waals surface area contributed by atoms with E-state index in [0.29, 0.717) is 0 Å². The minimum absolute atomic E-state index is 0.260. The second-order valence-corrected chi connectivity index (χ2v) is 13.3. The molecule has 0 saturated heterocycles. The van der Waals surface area contributed by atoms with Gasteiger partial charge in [0.25, 0.3) is 0 Å². The van der Waals surface area contributed by atoms with E-state index in [1.54, 1.807) is 0 Å². The fourth-order valence-corrected chi connectivity index (χ4v) is 4.05. The van der Waals surface area contributed by atoms with E-state index < -0.39 is 8.32 Å². The summed E-state index contributed by atoms with van der Waals surface area (Å²) < 4.78 is 7.82. The van der Waals surface area contributed by atoms with Gasteiger partial charge in [-0.25, -0.2) is 0 Å². The van der Waals surface area contributed by atoms with Crippen LogP contribution in [0.4, 0.5) is 0 Å². The maximum Gasteiger partial charge on any atom is 0.192 e. The molecule has 1 rings (SSSR count). The number of unbranched alkanes of at least 4 members (excludes halogenated alkanes) is 2. The summed E-state index contributed by atoms with van der Waals surface area (Å²) in [4.78, 5) is 0. The highest BCUT2D eigenvalue weighted by Crippen LogP contribution is 2.41. The average Bonchev–Trinajstić information content (AvgIpc) is 2.45. The van der Waals surface area contributed by atoms with E-state index in [9.17, 15) is 0 Å². The summed E-state index contributed by atoms with van der Waals surface area (Å²) in [5.74, 6) is 0. The molecule has 0 aliphatic heterocycles. The normalized spacial score (nSPS) is 14.1. The number of alkyl halides is 1. The van der Waals surface area contributed by atoms with E-state index in [-0.39, 0.29) is 11.1 Å². The molecule has 22 heavy (non-hydrogen) atoms. The predicted octanol–water partition coefficient (Wildman–Crippen LogP) is 7.26. The number of hydrogen-bond acceptors (Lipinski definition) is 1. The minimum atomic E-state index is -1.73. The first-order chi connectivity index (χ1) is 10.2. The standard InChI is InChI=1S/C19H33IOSi/c1-7-8-9-10-18(21-22(5,6)19(2,3)4)17-13-11-16(15-20)12-14-17/h11-14,18H,7-10,15H2,1-6H3. The number of rotatable bonds is 8. The summed E-state index contributed by atoms with van der Waals surface area (Å²) in [5, 5.41) is 0.262. The van der Waals surface area contributed by atoms with Gasteiger partial charge in [0.2, 0.25) is 0 Å². The molecular weight excluding hydrogens is 399 g/mol. The Labute approximate surface area is 152 Å². The Morgan fingerprint density at radius 1 is 1.09 bits per heavy atom. The van der Waals surface area contributed by atoms with Gasteiger partial charge in [-0.15, -0.1) is 0 Å². The van der Waals surface area contributed by atoms with Crippen LogP contribution in [0.1, 0.15) is 70.6 Å². The molecule has 1 atom stereocenters. The molecular formula is C19H33IOSi. The van der Waals surface area contributed by atoms with Crippen molar-refractivity contribution in [3.63, 3.8) is 0 Å². The number of benzene rings is 1. The fraction of sp³-hybridized carbons (Fsp3) is 0.684. The third-order valence-corrected chi connectivity index (χ3v) is 10.2. The van der Waals surface area contributed by atoms with Crippen molar-refractivity contribution in [2.75, 3.05) is 0 Å². The van der Waals surface area contributed by atoms with Crippen LogP contribution in [0.3, 0.4) is 0 Å². The fourth-order valence-electron chi connectivity index (χ4n) is 2.23. The molecule has 0 spiro atoms. The van der Waals surface area contributed by atoms with Crippen LogP contribution in [-0.4, -0.2) is 8.32 Å². The van der Waals surface area contributed by atoms with Crippen LogP contribution < -0.4 is 0 Å². The van der Waals surface area contributed by atoms with E-state index in [2.05, 4.69) is 87.6 Å². The highest BCUT2D eigenvalue weighted by atomic mass is 127. The molecule has 0 aliphatic carbocycles. The topological polar surface area (TPSA) is 9.23 Å². The van der Waals surface area contributed by atoms with Crippen LogP contribution in [-0.2, 0) is 8.85 Å². The summed E-state index contributed by atoms with van der Waals surface area (Å²) in [6.07, 6.45) is 5.22. The van der Waals surface area contributed by atoms with Crippen LogP contribution in [0.15, 0.2) is 24.3 Å². The maximum absolute atomic E-state index is 6.75. The molecule has 0 radical (unpaired) electrons. The van der Waals surface area contributed by atoms with Gasteiger partial charge in [0, 0.05) is 4.43 Å². The molecule has 1 aromatic carbocycles. The molecule has 0 heterocycles. The molecule has 1 nitrogen and oxygen atoms in total. The SMILES string of the molecule is CCCCCC(O[Si](C)(C)C(C)(C)C)c1ccc(CI)cc1. The molecule has 0 N–H and O–H groups in total. The first-order valence-corrected chi connectivity index (χ1v) is 13.0. The lowest BCUT2D eigenvalue weighted by Crippen LogP contribution is -2.41. The average molecular weight is 432 g/mol. The first-order valence-electron chi connectivity index (χ1n) is 8.54. The van der Waals surface area contributed by atoms with E-state index in [1.165, 1.54) is 30.4 Å². The third kappa shape index (κ3) is 5.97. The van der Waals surface area contributed by atoms with Gasteiger partial charge in [0.05, 0.1) is 6.10 Å². The van der Waals surface area contributed by atoms with Gasteiger partial charge in [-0.2, -0.15) is 0 Å². The van der Waals surface area contributed by atoms with Crippen molar-refractivity contribution >= 4 is 30.9 Å². The quantitative estimate of drug-likeness (QED) is 0.182. The summed E-state index contributed by atoms with van der Waals surface area (Å²) >= 11 is 2.42. The Morgan fingerprint density at radius 2 is 1.68 bits per heavy atom. The lowest BCUT2D eigenvalue weighted by atomic mass is 10.0. The first kappa shape index (κ1) is 20.2. The van der Waals surface area contributed by atoms with Crippen LogP contribution in [0.25, 0.3) is 0 Å². The van der Waals surface area contributed by atoms with Crippen molar-refractivity contribution in [3.8, 4) is 0 Å². The largest absolute Gasteiger partial charge is 0.410 e. The monoisotopic (exact) mass is 432 g/mol. The Balaban J connectivity index is 2.91. The lowest BCUT2D eigenvalue weighted by molar-refractivity contribution is 0.170. The van der Waals surface area contributed by atoms with Gasteiger partial charge in [-0.05, 0) is 35.7 Å². The van der Waals surface area contributed by atoms with Crippen LogP contribution in [0, 0.1) is 0 Å². The van der Waals surface area contributed by atoms with Gasteiger partial charge < -0.3 is 4.43 Å². The number of halogens is 1. The third-order valence-electron chi connectivity index (χ3n) is 4.82. The summed E-state index contributed by atoms with van der Waals surface area (Å²) in [7, 11) is -1.73. The zero-order valence-electron chi connectivity index (χ0n) is 15.2. The van der Waals surface area contributed by atoms with Gasteiger partial charge >= 0.3 is 0 Å². The molecule has 0 aromatic heterocycles. The molecule has 0 fully saturated rings. The highest BCUT2D eigenvalue weighted by Gasteiger charge is 2.39. The smallest absolute Gasteiger partial charge is 0.192 e. The minimum Gasteiger partial charge on any atom is -0.410 e. The molecule has 126 valence electrons. The summed E-state index contributed by atoms with van der Waals surface area (Å²) in [6.45, 7) is 13.9. The van der Waals surface area contributed by atoms with Crippen molar-refractivity contribution in [1.82, 2.24) is 0 Å². The molecule has 0 amide bonds. The zero-order chi connectivity index (χ0) is 16.8. The van der Waals surface area contributed by atoms with Crippen LogP contribution in [0.2, 0.25) is 18.1 Å². The Kier molecular flexibility index (Phi) is 8.10. The van der Waals surface area contributed by atoms with Crippen molar-refractivity contribution in [2.24, 2.45) is 0 Å². The van der Waals surface area contributed by atoms with Crippen molar-refractivity contribution < 1.29 is 4.43 Å². The van der Waals surface area contributed by atoms with Gasteiger partial charge in [-0.3, -0.25) is 0 Å².